The Morgan fingerprint density at radius 3 is 2.36 bits per heavy atom. The van der Waals surface area contributed by atoms with E-state index in [1.54, 1.807) is 23.1 Å². The minimum Gasteiger partial charge on any atom is -0.493 e. The molecular weight excluding hydrogens is 640 g/mol. The topological polar surface area (TPSA) is 72.3 Å². The largest absolute Gasteiger partial charge is 0.493 e. The molecule has 1 unspecified atom stereocenters. The summed E-state index contributed by atoms with van der Waals surface area (Å²) in [4.78, 5) is 25.6. The Balaban J connectivity index is 1.21. The number of rotatable bonds is 11. The summed E-state index contributed by atoms with van der Waals surface area (Å²) in [6.45, 7) is 10.1. The number of hydrogen-bond donors (Lipinski definition) is 0. The van der Waals surface area contributed by atoms with Crippen molar-refractivity contribution in [2.45, 2.75) is 45.1 Å². The molecule has 2 fully saturated rings. The lowest BCUT2D eigenvalue weighted by Crippen LogP contribution is -2.39. The van der Waals surface area contributed by atoms with Gasteiger partial charge in [0.25, 0.3) is 5.91 Å². The molecule has 1 amide bonds. The molecule has 3 heterocycles. The summed E-state index contributed by atoms with van der Waals surface area (Å²) >= 11 is 0. The minimum absolute atomic E-state index is 0.185. The number of ether oxygens (including phenoxy) is 3. The second-order valence-electron chi connectivity index (χ2n) is 13.5. The van der Waals surface area contributed by atoms with Gasteiger partial charge in [-0.2, -0.15) is 0 Å². The van der Waals surface area contributed by atoms with Gasteiger partial charge in [0.15, 0.2) is 23.1 Å². The fraction of sp³-hybridized carbons (Fsp3) is 0.436. The van der Waals surface area contributed by atoms with Crippen LogP contribution in [0.2, 0.25) is 0 Å². The van der Waals surface area contributed by atoms with Crippen molar-refractivity contribution in [3.05, 3.63) is 89.0 Å². The first kappa shape index (κ1) is 35.2. The summed E-state index contributed by atoms with van der Waals surface area (Å²) in [5.74, 6) is 0.238. The number of anilines is 1. The molecule has 0 N–H and O–H groups in total. The maximum atomic E-state index is 14.7. The van der Waals surface area contributed by atoms with Gasteiger partial charge in [0.2, 0.25) is 11.7 Å². The second-order valence-corrected chi connectivity index (χ2v) is 13.5. The Bertz CT molecular complexity index is 1850. The predicted octanol–water partition coefficient (Wildman–Crippen LogP) is 6.69. The number of carbonyl (C=O) groups excluding carboxylic acids is 1. The van der Waals surface area contributed by atoms with Crippen LogP contribution in [0.3, 0.4) is 0 Å². The summed E-state index contributed by atoms with van der Waals surface area (Å²) in [6, 6.07) is 15.8. The number of carbonyl (C=O) groups is 1. The molecule has 2 aliphatic heterocycles. The highest BCUT2D eigenvalue weighted by Crippen LogP contribution is 2.42. The zero-order chi connectivity index (χ0) is 35.4. The number of aromatic nitrogens is 2. The van der Waals surface area contributed by atoms with Crippen molar-refractivity contribution in [1.29, 1.82) is 0 Å². The van der Waals surface area contributed by atoms with E-state index in [1.807, 2.05) is 6.07 Å². The average molecular weight is 688 g/mol. The molecule has 3 aromatic carbocycles. The first-order valence-electron chi connectivity index (χ1n) is 17.3. The quantitative estimate of drug-likeness (QED) is 0.163. The number of amides is 1. The predicted molar refractivity (Wildman–Crippen MR) is 192 cm³/mol. The molecule has 0 saturated carbocycles. The van der Waals surface area contributed by atoms with Crippen LogP contribution in [0.25, 0.3) is 11.0 Å². The van der Waals surface area contributed by atoms with E-state index in [9.17, 15) is 13.6 Å². The normalized spacial score (nSPS) is 18.3. The fourth-order valence-electron chi connectivity index (χ4n) is 7.37. The molecule has 2 saturated heterocycles. The highest BCUT2D eigenvalue weighted by atomic mass is 19.2. The highest BCUT2D eigenvalue weighted by Gasteiger charge is 2.42. The molecule has 6 rings (SSSR count). The molecule has 1 atom stereocenters. The van der Waals surface area contributed by atoms with Crippen LogP contribution in [0, 0.1) is 11.6 Å². The maximum Gasteiger partial charge on any atom is 0.254 e. The van der Waals surface area contributed by atoms with Gasteiger partial charge in [0.1, 0.15) is 0 Å². The van der Waals surface area contributed by atoms with Crippen molar-refractivity contribution in [2.75, 3.05) is 72.0 Å². The molecule has 2 aliphatic rings. The monoisotopic (exact) mass is 687 g/mol. The third-order valence-corrected chi connectivity index (χ3v) is 10.2. The fourth-order valence-corrected chi connectivity index (χ4v) is 7.37. The number of imidazole rings is 1. The molecule has 9 nitrogen and oxygen atoms in total. The average Bonchev–Trinajstić information content (AvgIpc) is 3.65. The first-order valence-corrected chi connectivity index (χ1v) is 17.3. The molecule has 11 heteroatoms. The number of benzene rings is 3. The van der Waals surface area contributed by atoms with Crippen molar-refractivity contribution < 1.29 is 27.8 Å². The van der Waals surface area contributed by atoms with Crippen LogP contribution in [0.5, 0.6) is 17.2 Å². The molecule has 0 aliphatic carbocycles. The Hall–Kier alpha value is -4.64. The van der Waals surface area contributed by atoms with Gasteiger partial charge >= 0.3 is 0 Å². The van der Waals surface area contributed by atoms with Gasteiger partial charge in [-0.15, -0.1) is 0 Å². The van der Waals surface area contributed by atoms with E-state index < -0.39 is 17.0 Å². The van der Waals surface area contributed by atoms with Gasteiger partial charge in [-0.25, -0.2) is 13.8 Å². The van der Waals surface area contributed by atoms with Gasteiger partial charge in [-0.3, -0.25) is 4.79 Å². The number of para-hydroxylation sites is 2. The first-order chi connectivity index (χ1) is 24.2. The van der Waals surface area contributed by atoms with Crippen LogP contribution in [0.4, 0.5) is 14.7 Å². The lowest BCUT2D eigenvalue weighted by molar-refractivity contribution is 0.0780. The standard InChI is InChI=1S/C39H47F2N5O4/c1-27(2)13-18-46-33-10-7-6-9-32(33)42-38(46)44-17-8-16-43(21-22-44)19-14-39(29-11-12-30(40)31(41)25-29)15-20-45(26-39)37(47)28-23-34(48-3)36(50-5)35(24-28)49-4/h6-7,9-13,23-25H,8,14-22,26H2,1-5H3. The Kier molecular flexibility index (Phi) is 10.6. The van der Waals surface area contributed by atoms with E-state index in [1.165, 1.54) is 39.0 Å². The van der Waals surface area contributed by atoms with E-state index in [0.717, 1.165) is 62.7 Å². The summed E-state index contributed by atoms with van der Waals surface area (Å²) < 4.78 is 47.6. The van der Waals surface area contributed by atoms with Gasteiger partial charge < -0.3 is 33.5 Å². The van der Waals surface area contributed by atoms with E-state index in [4.69, 9.17) is 19.2 Å². The molecular formula is C39H47F2N5O4. The van der Waals surface area contributed by atoms with Gasteiger partial charge in [0.05, 0.1) is 32.4 Å². The van der Waals surface area contributed by atoms with Crippen molar-refractivity contribution in [3.63, 3.8) is 0 Å². The molecule has 4 aromatic rings. The zero-order valence-electron chi connectivity index (χ0n) is 29.7. The van der Waals surface area contributed by atoms with Crippen LogP contribution in [0.1, 0.15) is 49.0 Å². The summed E-state index contributed by atoms with van der Waals surface area (Å²) in [5.41, 5.74) is 3.95. The highest BCUT2D eigenvalue weighted by molar-refractivity contribution is 5.96. The van der Waals surface area contributed by atoms with Crippen molar-refractivity contribution in [2.24, 2.45) is 0 Å². The molecule has 0 bridgehead atoms. The third kappa shape index (κ3) is 7.14. The maximum absolute atomic E-state index is 14.7. The van der Waals surface area contributed by atoms with Crippen LogP contribution in [-0.4, -0.2) is 92.4 Å². The number of methoxy groups -OCH3 is 3. The smallest absolute Gasteiger partial charge is 0.254 e. The Morgan fingerprint density at radius 2 is 1.66 bits per heavy atom. The zero-order valence-corrected chi connectivity index (χ0v) is 29.7. The van der Waals surface area contributed by atoms with E-state index >= 15 is 0 Å². The number of halogens is 2. The van der Waals surface area contributed by atoms with Gasteiger partial charge in [0, 0.05) is 50.2 Å². The SMILES string of the molecule is COc1cc(C(=O)N2CCC(CCN3CCCN(c4nc5ccccc5n4CC=C(C)C)CC3)(c3ccc(F)c(F)c3)C2)cc(OC)c1OC. The second kappa shape index (κ2) is 15.1. The number of fused-ring (bicyclic) bond motifs is 1. The summed E-state index contributed by atoms with van der Waals surface area (Å²) in [6.07, 6.45) is 4.52. The molecule has 50 heavy (non-hydrogen) atoms. The van der Waals surface area contributed by atoms with Crippen LogP contribution < -0.4 is 19.1 Å². The molecule has 0 spiro atoms. The third-order valence-electron chi connectivity index (χ3n) is 10.2. The number of hydrogen-bond acceptors (Lipinski definition) is 7. The van der Waals surface area contributed by atoms with Crippen LogP contribution in [-0.2, 0) is 12.0 Å². The van der Waals surface area contributed by atoms with Gasteiger partial charge in [-0.1, -0.05) is 29.8 Å². The van der Waals surface area contributed by atoms with Crippen LogP contribution >= 0.6 is 0 Å². The van der Waals surface area contributed by atoms with Crippen molar-refractivity contribution >= 4 is 22.9 Å². The Labute approximate surface area is 293 Å². The molecule has 266 valence electrons. The summed E-state index contributed by atoms with van der Waals surface area (Å²) in [7, 11) is 4.54. The van der Waals surface area contributed by atoms with Crippen molar-refractivity contribution in [3.8, 4) is 17.2 Å². The van der Waals surface area contributed by atoms with E-state index in [-0.39, 0.29) is 5.91 Å². The number of nitrogens with zero attached hydrogens (tertiary/aromatic N) is 5. The summed E-state index contributed by atoms with van der Waals surface area (Å²) in [5, 5.41) is 0. The van der Waals surface area contributed by atoms with Crippen molar-refractivity contribution in [1.82, 2.24) is 19.4 Å². The lowest BCUT2D eigenvalue weighted by atomic mass is 9.76. The van der Waals surface area contributed by atoms with E-state index in [0.29, 0.717) is 54.3 Å². The number of allylic oxidation sites excluding steroid dienone is 2. The van der Waals surface area contributed by atoms with Gasteiger partial charge in [-0.05, 0) is 88.2 Å². The van der Waals surface area contributed by atoms with E-state index in [2.05, 4.69) is 52.5 Å². The molecule has 0 radical (unpaired) electrons. The van der Waals surface area contributed by atoms with Crippen LogP contribution in [0.15, 0.2) is 66.2 Å². The number of likely N-dealkylation sites (tertiary alicyclic amines) is 1. The molecule has 1 aromatic heterocycles. The minimum atomic E-state index is -0.879. The Morgan fingerprint density at radius 1 is 0.900 bits per heavy atom. The lowest BCUT2D eigenvalue weighted by Gasteiger charge is -2.33.